The second-order valence-electron chi connectivity index (χ2n) is 9.82. The summed E-state index contributed by atoms with van der Waals surface area (Å²) in [6, 6.07) is 0.0897. The lowest BCUT2D eigenvalue weighted by atomic mass is 9.68. The van der Waals surface area contributed by atoms with Crippen LogP contribution in [0.15, 0.2) is 0 Å². The zero-order valence-electron chi connectivity index (χ0n) is 18.6. The fourth-order valence-electron chi connectivity index (χ4n) is 6.71. The number of carbonyl (C=O) groups is 2. The van der Waals surface area contributed by atoms with Crippen LogP contribution in [0.4, 0.5) is 4.39 Å². The van der Waals surface area contributed by atoms with Crippen LogP contribution in [0.5, 0.6) is 0 Å². The molecule has 30 heavy (non-hydrogen) atoms. The normalized spacial score (nSPS) is 42.1. The molecular formula is C23H37FN2O4. The maximum absolute atomic E-state index is 14.0. The molecule has 2 saturated heterocycles. The first-order valence-corrected chi connectivity index (χ1v) is 11.8. The first kappa shape index (κ1) is 22.0. The lowest BCUT2D eigenvalue weighted by Gasteiger charge is -2.55. The predicted molar refractivity (Wildman–Crippen MR) is 111 cm³/mol. The van der Waals surface area contributed by atoms with Gasteiger partial charge in [-0.1, -0.05) is 0 Å². The van der Waals surface area contributed by atoms with Crippen LogP contribution in [0.1, 0.15) is 65.2 Å². The molecule has 0 spiro atoms. The molecule has 2 saturated carbocycles. The Kier molecular flexibility index (Phi) is 6.68. The predicted octanol–water partition coefficient (Wildman–Crippen LogP) is 2.94. The van der Waals surface area contributed by atoms with Gasteiger partial charge in [0.1, 0.15) is 12.3 Å². The second-order valence-corrected chi connectivity index (χ2v) is 9.82. The van der Waals surface area contributed by atoms with Crippen molar-refractivity contribution in [1.82, 2.24) is 9.80 Å². The van der Waals surface area contributed by atoms with Crippen LogP contribution in [0.25, 0.3) is 0 Å². The molecule has 2 aliphatic carbocycles. The molecule has 2 aliphatic heterocycles. The van der Waals surface area contributed by atoms with Gasteiger partial charge in [0.25, 0.3) is 5.91 Å². The molecule has 4 rings (SSSR count). The van der Waals surface area contributed by atoms with Crippen LogP contribution >= 0.6 is 0 Å². The molecule has 7 heteroatoms. The van der Waals surface area contributed by atoms with Gasteiger partial charge in [0, 0.05) is 39.6 Å². The Morgan fingerprint density at radius 3 is 2.53 bits per heavy atom. The Bertz CT molecular complexity index is 641. The molecule has 2 amide bonds. The summed E-state index contributed by atoms with van der Waals surface area (Å²) in [4.78, 5) is 29.8. The molecule has 6 nitrogen and oxygen atoms in total. The molecule has 0 aromatic carbocycles. The van der Waals surface area contributed by atoms with Crippen molar-refractivity contribution >= 4 is 11.8 Å². The largest absolute Gasteiger partial charge is 0.381 e. The minimum atomic E-state index is -0.774. The number of halogens is 1. The fraction of sp³-hybridized carbons (Fsp3) is 0.913. The van der Waals surface area contributed by atoms with Crippen molar-refractivity contribution in [3.8, 4) is 0 Å². The summed E-state index contributed by atoms with van der Waals surface area (Å²) < 4.78 is 25.4. The quantitative estimate of drug-likeness (QED) is 0.699. The number of amides is 2. The average Bonchev–Trinajstić information content (AvgIpc) is 3.26. The molecule has 0 N–H and O–H groups in total. The average molecular weight is 425 g/mol. The summed E-state index contributed by atoms with van der Waals surface area (Å²) in [5.74, 6) is 0.903. The van der Waals surface area contributed by atoms with Gasteiger partial charge in [-0.2, -0.15) is 0 Å². The highest BCUT2D eigenvalue weighted by molar-refractivity contribution is 5.82. The third kappa shape index (κ3) is 4.12. The highest BCUT2D eigenvalue weighted by Crippen LogP contribution is 2.44. The van der Waals surface area contributed by atoms with Gasteiger partial charge < -0.3 is 19.3 Å². The van der Waals surface area contributed by atoms with E-state index in [1.165, 1.54) is 0 Å². The Morgan fingerprint density at radius 2 is 1.87 bits per heavy atom. The number of carbonyl (C=O) groups excluding carboxylic acids is 2. The first-order valence-electron chi connectivity index (χ1n) is 11.8. The van der Waals surface area contributed by atoms with Crippen LogP contribution in [0, 0.1) is 11.8 Å². The number of hydrogen-bond donors (Lipinski definition) is 0. The van der Waals surface area contributed by atoms with Gasteiger partial charge in [-0.15, -0.1) is 0 Å². The Morgan fingerprint density at radius 1 is 1.07 bits per heavy atom. The first-order chi connectivity index (χ1) is 14.4. The number of piperazine rings is 1. The Hall–Kier alpha value is -1.21. The lowest BCUT2D eigenvalue weighted by Crippen LogP contribution is -2.68. The molecule has 2 heterocycles. The zero-order valence-corrected chi connectivity index (χ0v) is 18.6. The molecule has 0 aromatic rings. The van der Waals surface area contributed by atoms with Gasteiger partial charge in [-0.3, -0.25) is 9.59 Å². The van der Waals surface area contributed by atoms with Crippen LogP contribution in [-0.4, -0.2) is 78.4 Å². The maximum atomic E-state index is 14.0. The van der Waals surface area contributed by atoms with E-state index in [0.29, 0.717) is 37.8 Å². The minimum absolute atomic E-state index is 0.0133. The number of alkyl halides is 1. The summed E-state index contributed by atoms with van der Waals surface area (Å²) in [6.45, 7) is 4.90. The Labute approximate surface area is 179 Å². The standard InChI is InChI=1S/C23H37FN2O4/c1-14-13-25(23(28)21-5-4-10-30-21)20-11-16(6-9-19(20)26(14)15(2)27)18-8-7-17(24)12-22(18)29-3/h14,16-22H,4-13H2,1-3H3/t14-,16?,17?,18?,19?,20?,21?,22?/m0/s1. The fourth-order valence-corrected chi connectivity index (χ4v) is 6.71. The van der Waals surface area contributed by atoms with Crippen LogP contribution in [-0.2, 0) is 19.1 Å². The van der Waals surface area contributed by atoms with Gasteiger partial charge >= 0.3 is 0 Å². The van der Waals surface area contributed by atoms with E-state index in [1.807, 2.05) is 16.7 Å². The lowest BCUT2D eigenvalue weighted by molar-refractivity contribution is -0.161. The van der Waals surface area contributed by atoms with E-state index < -0.39 is 6.17 Å². The smallest absolute Gasteiger partial charge is 0.252 e. The van der Waals surface area contributed by atoms with Crippen molar-refractivity contribution < 1.29 is 23.5 Å². The molecule has 0 radical (unpaired) electrons. The van der Waals surface area contributed by atoms with Gasteiger partial charge in [0.05, 0.1) is 18.2 Å². The highest BCUT2D eigenvalue weighted by atomic mass is 19.1. The summed E-state index contributed by atoms with van der Waals surface area (Å²) in [6.07, 6.45) is 5.22. The molecule has 170 valence electrons. The van der Waals surface area contributed by atoms with E-state index in [-0.39, 0.29) is 42.1 Å². The van der Waals surface area contributed by atoms with E-state index in [2.05, 4.69) is 0 Å². The molecule has 0 aromatic heterocycles. The van der Waals surface area contributed by atoms with Gasteiger partial charge in [0.2, 0.25) is 5.91 Å². The Balaban J connectivity index is 1.56. The van der Waals surface area contributed by atoms with Crippen molar-refractivity contribution in [2.24, 2.45) is 11.8 Å². The third-order valence-corrected chi connectivity index (χ3v) is 8.05. The van der Waals surface area contributed by atoms with Crippen molar-refractivity contribution in [3.05, 3.63) is 0 Å². The number of ether oxygens (including phenoxy) is 2. The van der Waals surface area contributed by atoms with E-state index in [1.54, 1.807) is 14.0 Å². The number of fused-ring (bicyclic) bond motifs is 1. The summed E-state index contributed by atoms with van der Waals surface area (Å²) >= 11 is 0. The van der Waals surface area contributed by atoms with Crippen LogP contribution in [0.3, 0.4) is 0 Å². The van der Waals surface area contributed by atoms with Crippen LogP contribution in [0.2, 0.25) is 0 Å². The second kappa shape index (κ2) is 9.11. The van der Waals surface area contributed by atoms with E-state index in [0.717, 1.165) is 38.5 Å². The van der Waals surface area contributed by atoms with E-state index >= 15 is 0 Å². The van der Waals surface area contributed by atoms with Gasteiger partial charge in [-0.05, 0) is 63.7 Å². The van der Waals surface area contributed by atoms with Crippen molar-refractivity contribution in [2.45, 2.75) is 102 Å². The zero-order chi connectivity index (χ0) is 21.4. The highest BCUT2D eigenvalue weighted by Gasteiger charge is 2.49. The minimum Gasteiger partial charge on any atom is -0.381 e. The van der Waals surface area contributed by atoms with Gasteiger partial charge in [0.15, 0.2) is 0 Å². The summed E-state index contributed by atoms with van der Waals surface area (Å²) in [5.41, 5.74) is 0. The van der Waals surface area contributed by atoms with Crippen LogP contribution < -0.4 is 0 Å². The summed E-state index contributed by atoms with van der Waals surface area (Å²) in [7, 11) is 1.69. The van der Waals surface area contributed by atoms with Crippen molar-refractivity contribution in [1.29, 1.82) is 0 Å². The molecule has 7 unspecified atom stereocenters. The monoisotopic (exact) mass is 424 g/mol. The number of methoxy groups -OCH3 is 1. The number of nitrogens with zero attached hydrogens (tertiary/aromatic N) is 2. The molecular weight excluding hydrogens is 387 g/mol. The summed E-state index contributed by atoms with van der Waals surface area (Å²) in [5, 5.41) is 0. The third-order valence-electron chi connectivity index (χ3n) is 8.05. The van der Waals surface area contributed by atoms with E-state index in [9.17, 15) is 14.0 Å². The molecule has 0 bridgehead atoms. The number of hydrogen-bond acceptors (Lipinski definition) is 4. The van der Waals surface area contributed by atoms with Crippen molar-refractivity contribution in [2.75, 3.05) is 20.3 Å². The number of rotatable bonds is 3. The molecule has 4 aliphatic rings. The molecule has 4 fully saturated rings. The van der Waals surface area contributed by atoms with E-state index in [4.69, 9.17) is 9.47 Å². The maximum Gasteiger partial charge on any atom is 0.252 e. The molecule has 8 atom stereocenters. The van der Waals surface area contributed by atoms with Gasteiger partial charge in [-0.25, -0.2) is 4.39 Å². The SMILES string of the molecule is COC1CC(F)CCC1C1CCC2C(C1)N(C(=O)C1CCCO1)C[C@H](C)N2C(C)=O. The van der Waals surface area contributed by atoms with Crippen molar-refractivity contribution in [3.63, 3.8) is 0 Å². The topological polar surface area (TPSA) is 59.1 Å².